The Labute approximate surface area is 87.1 Å². The quantitative estimate of drug-likeness (QED) is 0.305. The number of azide groups is 1. The second-order valence-corrected chi connectivity index (χ2v) is 4.14. The Hall–Kier alpha value is -1.07. The highest BCUT2D eigenvalue weighted by atomic mass is 16.8. The summed E-state index contributed by atoms with van der Waals surface area (Å²) in [5.41, 5.74) is 8.32. The van der Waals surface area contributed by atoms with Gasteiger partial charge >= 0.3 is 0 Å². The van der Waals surface area contributed by atoms with E-state index in [-0.39, 0.29) is 6.10 Å². The van der Waals surface area contributed by atoms with Crippen molar-refractivity contribution in [3.63, 3.8) is 0 Å². The molecule has 0 spiro atoms. The van der Waals surface area contributed by atoms with Gasteiger partial charge in [-0.25, -0.2) is 0 Å². The minimum Gasteiger partial charge on any atom is -0.390 e. The van der Waals surface area contributed by atoms with E-state index in [0.29, 0.717) is 0 Å². The maximum atomic E-state index is 9.88. The lowest BCUT2D eigenvalue weighted by Crippen LogP contribution is -2.44. The number of ether oxygens (including phenoxy) is 2. The van der Waals surface area contributed by atoms with Crippen LogP contribution in [0.15, 0.2) is 17.3 Å². The predicted octanol–water partition coefficient (Wildman–Crippen LogP) is 1.12. The summed E-state index contributed by atoms with van der Waals surface area (Å²) < 4.78 is 11.1. The zero-order valence-corrected chi connectivity index (χ0v) is 8.57. The Morgan fingerprint density at radius 1 is 1.40 bits per heavy atom. The first-order valence-electron chi connectivity index (χ1n) is 4.80. The molecule has 0 aromatic carbocycles. The molecule has 6 heteroatoms. The zero-order valence-electron chi connectivity index (χ0n) is 8.57. The van der Waals surface area contributed by atoms with Gasteiger partial charge in [0.1, 0.15) is 12.2 Å². The molecule has 0 unspecified atom stereocenters. The Kier molecular flexibility index (Phi) is 2.44. The molecule has 82 valence electrons. The van der Waals surface area contributed by atoms with Crippen molar-refractivity contribution in [3.8, 4) is 0 Å². The van der Waals surface area contributed by atoms with Crippen molar-refractivity contribution in [2.24, 2.45) is 5.11 Å². The van der Waals surface area contributed by atoms with E-state index in [4.69, 9.17) is 15.0 Å². The lowest BCUT2D eigenvalue weighted by Gasteiger charge is -2.27. The Morgan fingerprint density at radius 2 is 2.13 bits per heavy atom. The van der Waals surface area contributed by atoms with Crippen molar-refractivity contribution in [1.29, 1.82) is 0 Å². The number of nitrogens with zero attached hydrogens (tertiary/aromatic N) is 3. The smallest absolute Gasteiger partial charge is 0.164 e. The van der Waals surface area contributed by atoms with Crippen LogP contribution in [0.5, 0.6) is 0 Å². The maximum absolute atomic E-state index is 9.88. The van der Waals surface area contributed by atoms with Gasteiger partial charge in [-0.15, -0.1) is 0 Å². The molecule has 1 aliphatic heterocycles. The molecular weight excluding hydrogens is 198 g/mol. The fraction of sp³-hybridized carbons (Fsp3) is 0.778. The molecule has 2 rings (SSSR count). The third kappa shape index (κ3) is 1.85. The van der Waals surface area contributed by atoms with E-state index >= 15 is 0 Å². The number of hydrogen-bond acceptors (Lipinski definition) is 4. The van der Waals surface area contributed by atoms with Crippen LogP contribution in [-0.2, 0) is 9.47 Å². The summed E-state index contributed by atoms with van der Waals surface area (Å²) in [5, 5.41) is 13.4. The van der Waals surface area contributed by atoms with Gasteiger partial charge in [0.05, 0.1) is 12.1 Å². The molecule has 1 heterocycles. The topological polar surface area (TPSA) is 87.5 Å². The van der Waals surface area contributed by atoms with E-state index in [9.17, 15) is 5.11 Å². The van der Waals surface area contributed by atoms with Gasteiger partial charge in [-0.2, -0.15) is 0 Å². The first-order valence-corrected chi connectivity index (χ1v) is 4.80. The van der Waals surface area contributed by atoms with Crippen molar-refractivity contribution in [1.82, 2.24) is 0 Å². The van der Waals surface area contributed by atoms with Crippen LogP contribution in [0.3, 0.4) is 0 Å². The molecule has 6 nitrogen and oxygen atoms in total. The zero-order chi connectivity index (χ0) is 11.1. The van der Waals surface area contributed by atoms with Crippen LogP contribution in [0.25, 0.3) is 10.4 Å². The maximum Gasteiger partial charge on any atom is 0.164 e. The average molecular weight is 211 g/mol. The van der Waals surface area contributed by atoms with Gasteiger partial charge in [-0.3, -0.25) is 0 Å². The van der Waals surface area contributed by atoms with Gasteiger partial charge in [0.25, 0.3) is 0 Å². The molecule has 0 bridgehead atoms. The summed E-state index contributed by atoms with van der Waals surface area (Å²) in [5.74, 6) is -0.702. The summed E-state index contributed by atoms with van der Waals surface area (Å²) >= 11 is 0. The molecule has 1 saturated heterocycles. The molecule has 4 atom stereocenters. The lowest BCUT2D eigenvalue weighted by atomic mass is 9.95. The van der Waals surface area contributed by atoms with E-state index in [1.807, 2.05) is 0 Å². The third-order valence-corrected chi connectivity index (χ3v) is 2.53. The number of hydrogen-bond donors (Lipinski definition) is 1. The molecule has 1 fully saturated rings. The van der Waals surface area contributed by atoms with Crippen LogP contribution in [0.2, 0.25) is 0 Å². The molecule has 0 radical (unpaired) electrons. The van der Waals surface area contributed by atoms with E-state index in [1.54, 1.807) is 26.0 Å². The lowest BCUT2D eigenvalue weighted by molar-refractivity contribution is -0.153. The fourth-order valence-electron chi connectivity index (χ4n) is 1.93. The molecule has 2 aliphatic rings. The molecule has 0 saturated carbocycles. The normalized spacial score (nSPS) is 42.1. The molecule has 0 amide bonds. The van der Waals surface area contributed by atoms with E-state index in [2.05, 4.69) is 10.0 Å². The number of fused-ring (bicyclic) bond motifs is 1. The van der Waals surface area contributed by atoms with Crippen LogP contribution >= 0.6 is 0 Å². The summed E-state index contributed by atoms with van der Waals surface area (Å²) in [4.78, 5) is 2.68. The first kappa shape index (κ1) is 10.4. The number of aliphatic hydroxyl groups is 1. The van der Waals surface area contributed by atoms with Crippen molar-refractivity contribution < 1.29 is 14.6 Å². The number of aliphatic hydroxyl groups excluding tert-OH is 1. The van der Waals surface area contributed by atoms with Crippen LogP contribution in [0, 0.1) is 0 Å². The molecule has 15 heavy (non-hydrogen) atoms. The summed E-state index contributed by atoms with van der Waals surface area (Å²) in [7, 11) is 0. The van der Waals surface area contributed by atoms with Crippen molar-refractivity contribution in [2.75, 3.05) is 0 Å². The Balaban J connectivity index is 2.20. The summed E-state index contributed by atoms with van der Waals surface area (Å²) in [6, 6.07) is -0.575. The third-order valence-electron chi connectivity index (χ3n) is 2.53. The van der Waals surface area contributed by atoms with Gasteiger partial charge < -0.3 is 14.6 Å². The minimum absolute atomic E-state index is 0.264. The largest absolute Gasteiger partial charge is 0.390 e. The molecule has 1 aliphatic carbocycles. The van der Waals surface area contributed by atoms with E-state index < -0.39 is 24.0 Å². The highest BCUT2D eigenvalue weighted by Gasteiger charge is 2.47. The van der Waals surface area contributed by atoms with Crippen LogP contribution in [0.4, 0.5) is 0 Å². The van der Waals surface area contributed by atoms with Gasteiger partial charge in [0, 0.05) is 4.91 Å². The van der Waals surface area contributed by atoms with Crippen molar-refractivity contribution >= 4 is 0 Å². The first-order chi connectivity index (χ1) is 7.03. The standard InChI is InChI=1S/C9H13N3O3/c1-9(2)14-6-4-3-5(11-12-10)7(13)8(6)15-9/h3-8,13H,1-2H3/t5-,6+,7+,8+/m1/s1. The molecular formula is C9H13N3O3. The molecule has 0 aromatic heterocycles. The number of rotatable bonds is 1. The second-order valence-electron chi connectivity index (χ2n) is 4.14. The highest BCUT2D eigenvalue weighted by Crippen LogP contribution is 2.34. The monoisotopic (exact) mass is 211 g/mol. The van der Waals surface area contributed by atoms with Crippen LogP contribution in [-0.4, -0.2) is 35.2 Å². The molecule has 0 aromatic rings. The average Bonchev–Trinajstić information content (AvgIpc) is 2.46. The van der Waals surface area contributed by atoms with E-state index in [1.165, 1.54) is 0 Å². The second kappa shape index (κ2) is 3.50. The Bertz CT molecular complexity index is 335. The van der Waals surface area contributed by atoms with Crippen molar-refractivity contribution in [3.05, 3.63) is 22.6 Å². The SMILES string of the molecule is CC1(C)O[C@@H]2[C@@H](O)[C@H](N=[N+]=[N-])C=C[C@@H]2O1. The van der Waals surface area contributed by atoms with Gasteiger partial charge in [0.2, 0.25) is 0 Å². The van der Waals surface area contributed by atoms with Crippen LogP contribution < -0.4 is 0 Å². The fourth-order valence-corrected chi connectivity index (χ4v) is 1.93. The van der Waals surface area contributed by atoms with Crippen molar-refractivity contribution in [2.45, 2.75) is 44.0 Å². The van der Waals surface area contributed by atoms with Gasteiger partial charge in [-0.1, -0.05) is 17.3 Å². The predicted molar refractivity (Wildman–Crippen MR) is 51.9 cm³/mol. The van der Waals surface area contributed by atoms with Gasteiger partial charge in [-0.05, 0) is 19.4 Å². The summed E-state index contributed by atoms with van der Waals surface area (Å²) in [6.07, 6.45) is 1.85. The minimum atomic E-state index is -0.849. The van der Waals surface area contributed by atoms with Gasteiger partial charge in [0.15, 0.2) is 5.79 Å². The Morgan fingerprint density at radius 3 is 2.80 bits per heavy atom. The highest BCUT2D eigenvalue weighted by molar-refractivity contribution is 5.14. The summed E-state index contributed by atoms with van der Waals surface area (Å²) in [6.45, 7) is 3.57. The van der Waals surface area contributed by atoms with E-state index in [0.717, 1.165) is 0 Å². The molecule has 1 N–H and O–H groups in total. The van der Waals surface area contributed by atoms with Crippen LogP contribution in [0.1, 0.15) is 13.8 Å².